The van der Waals surface area contributed by atoms with Crippen molar-refractivity contribution in [3.8, 4) is 0 Å². The maximum Gasteiger partial charge on any atom is 0.311 e. The van der Waals surface area contributed by atoms with Gasteiger partial charge in [-0.2, -0.15) is 0 Å². The molecule has 0 aliphatic rings. The van der Waals surface area contributed by atoms with E-state index >= 15 is 0 Å². The fourth-order valence-corrected chi connectivity index (χ4v) is 3.87. The highest BCUT2D eigenvalue weighted by molar-refractivity contribution is 6.36. The SMILES string of the molecule is O=C(Cc1c(Cl)cccc1Cl)O[C@H](C(=O)c1c[nH]c2ccccc12)c1ccccc1. The molecule has 1 N–H and O–H groups in total. The topological polar surface area (TPSA) is 59.2 Å². The molecule has 30 heavy (non-hydrogen) atoms. The summed E-state index contributed by atoms with van der Waals surface area (Å²) in [4.78, 5) is 29.2. The van der Waals surface area contributed by atoms with Gasteiger partial charge in [0.05, 0.1) is 6.42 Å². The summed E-state index contributed by atoms with van der Waals surface area (Å²) in [6.07, 6.45) is 0.421. The molecule has 0 aliphatic carbocycles. The molecule has 0 bridgehead atoms. The van der Waals surface area contributed by atoms with Gasteiger partial charge in [0.1, 0.15) is 0 Å². The maximum absolute atomic E-state index is 13.4. The van der Waals surface area contributed by atoms with Crippen LogP contribution in [0.5, 0.6) is 0 Å². The van der Waals surface area contributed by atoms with E-state index in [2.05, 4.69) is 4.98 Å². The Morgan fingerprint density at radius 1 is 0.867 bits per heavy atom. The Balaban J connectivity index is 1.65. The quantitative estimate of drug-likeness (QED) is 0.289. The molecule has 4 rings (SSSR count). The van der Waals surface area contributed by atoms with E-state index in [1.165, 1.54) is 0 Å². The summed E-state index contributed by atoms with van der Waals surface area (Å²) in [5.41, 5.74) is 2.36. The van der Waals surface area contributed by atoms with Crippen LogP contribution in [0.25, 0.3) is 10.9 Å². The Labute approximate surface area is 183 Å². The number of para-hydroxylation sites is 1. The van der Waals surface area contributed by atoms with E-state index in [9.17, 15) is 9.59 Å². The zero-order valence-corrected chi connectivity index (χ0v) is 17.3. The van der Waals surface area contributed by atoms with Crippen LogP contribution in [0.3, 0.4) is 0 Å². The van der Waals surface area contributed by atoms with Gasteiger partial charge < -0.3 is 9.72 Å². The number of fused-ring (bicyclic) bond motifs is 1. The summed E-state index contributed by atoms with van der Waals surface area (Å²) in [5.74, 6) is -0.899. The third-order valence-electron chi connectivity index (χ3n) is 4.83. The highest BCUT2D eigenvalue weighted by atomic mass is 35.5. The van der Waals surface area contributed by atoms with Crippen molar-refractivity contribution in [2.45, 2.75) is 12.5 Å². The Morgan fingerprint density at radius 3 is 2.27 bits per heavy atom. The van der Waals surface area contributed by atoms with Crippen LogP contribution in [-0.2, 0) is 16.0 Å². The number of hydrogen-bond acceptors (Lipinski definition) is 3. The van der Waals surface area contributed by atoms with Crippen molar-refractivity contribution in [3.63, 3.8) is 0 Å². The molecule has 0 radical (unpaired) electrons. The molecule has 0 unspecified atom stereocenters. The predicted octanol–water partition coefficient (Wildman–Crippen LogP) is 6.18. The highest BCUT2D eigenvalue weighted by Crippen LogP contribution is 2.29. The monoisotopic (exact) mass is 437 g/mol. The molecular weight excluding hydrogens is 421 g/mol. The first kappa shape index (κ1) is 20.2. The van der Waals surface area contributed by atoms with Crippen LogP contribution in [0.2, 0.25) is 10.0 Å². The molecule has 6 heteroatoms. The number of aromatic nitrogens is 1. The van der Waals surface area contributed by atoms with Crippen molar-refractivity contribution in [3.05, 3.63) is 106 Å². The fraction of sp³-hybridized carbons (Fsp3) is 0.0833. The van der Waals surface area contributed by atoms with Crippen LogP contribution >= 0.6 is 23.2 Å². The van der Waals surface area contributed by atoms with Gasteiger partial charge >= 0.3 is 5.97 Å². The van der Waals surface area contributed by atoms with E-state index in [-0.39, 0.29) is 12.2 Å². The van der Waals surface area contributed by atoms with E-state index in [4.69, 9.17) is 27.9 Å². The molecule has 0 aliphatic heterocycles. The zero-order chi connectivity index (χ0) is 21.1. The van der Waals surface area contributed by atoms with Crippen LogP contribution in [0, 0.1) is 0 Å². The highest BCUT2D eigenvalue weighted by Gasteiger charge is 2.28. The minimum atomic E-state index is -1.08. The summed E-state index contributed by atoms with van der Waals surface area (Å²) < 4.78 is 5.67. The molecule has 150 valence electrons. The predicted molar refractivity (Wildman–Crippen MR) is 118 cm³/mol. The van der Waals surface area contributed by atoms with Gasteiger partial charge in [0.25, 0.3) is 0 Å². The van der Waals surface area contributed by atoms with Gasteiger partial charge in [-0.15, -0.1) is 0 Å². The summed E-state index contributed by atoms with van der Waals surface area (Å²) in [5, 5.41) is 1.52. The van der Waals surface area contributed by atoms with Crippen LogP contribution in [-0.4, -0.2) is 16.7 Å². The van der Waals surface area contributed by atoms with Crippen molar-refractivity contribution >= 4 is 45.9 Å². The molecule has 0 saturated heterocycles. The van der Waals surface area contributed by atoms with E-state index in [1.54, 1.807) is 48.7 Å². The molecule has 1 aromatic heterocycles. The number of carbonyl (C=O) groups is 2. The number of ether oxygens (including phenoxy) is 1. The Bertz CT molecular complexity index is 1200. The van der Waals surface area contributed by atoms with E-state index in [0.717, 1.165) is 10.9 Å². The standard InChI is InChI=1S/C24H17Cl2NO3/c25-19-10-6-11-20(26)17(19)13-22(28)30-24(15-7-2-1-3-8-15)23(29)18-14-27-21-12-5-4-9-16(18)21/h1-12,14,24,27H,13H2/t24-/m0/s1. The Kier molecular flexibility index (Phi) is 5.88. The second-order valence-electron chi connectivity index (χ2n) is 6.77. The summed E-state index contributed by atoms with van der Waals surface area (Å²) in [6.45, 7) is 0. The average molecular weight is 438 g/mol. The second-order valence-corrected chi connectivity index (χ2v) is 7.58. The number of carbonyl (C=O) groups excluding carboxylic acids is 2. The van der Waals surface area contributed by atoms with Gasteiger partial charge in [-0.1, -0.05) is 77.8 Å². The van der Waals surface area contributed by atoms with Gasteiger partial charge in [-0.05, 0) is 18.2 Å². The number of nitrogens with one attached hydrogen (secondary N) is 1. The first-order chi connectivity index (χ1) is 14.5. The first-order valence-electron chi connectivity index (χ1n) is 9.32. The molecule has 3 aromatic carbocycles. The summed E-state index contributed by atoms with van der Waals surface area (Å²) in [7, 11) is 0. The molecule has 4 nitrogen and oxygen atoms in total. The number of benzene rings is 3. The van der Waals surface area contributed by atoms with Crippen molar-refractivity contribution in [1.29, 1.82) is 0 Å². The van der Waals surface area contributed by atoms with Crippen molar-refractivity contribution in [2.75, 3.05) is 0 Å². The number of H-pyrrole nitrogens is 1. The number of hydrogen-bond donors (Lipinski definition) is 1. The Hall–Kier alpha value is -3.08. The number of aromatic amines is 1. The first-order valence-corrected chi connectivity index (χ1v) is 10.1. The third kappa shape index (κ3) is 4.11. The number of Topliss-reactive ketones (excluding diaryl/α,β-unsaturated/α-hetero) is 1. The van der Waals surface area contributed by atoms with Gasteiger partial charge in [-0.3, -0.25) is 9.59 Å². The molecule has 0 saturated carbocycles. The number of ketones is 1. The molecular formula is C24H17Cl2NO3. The lowest BCUT2D eigenvalue weighted by Crippen LogP contribution is -2.21. The van der Waals surface area contributed by atoms with Gasteiger partial charge in [0.15, 0.2) is 6.10 Å². The average Bonchev–Trinajstić information content (AvgIpc) is 3.19. The fourth-order valence-electron chi connectivity index (χ4n) is 3.34. The van der Waals surface area contributed by atoms with E-state index < -0.39 is 12.1 Å². The number of esters is 1. The molecule has 0 spiro atoms. The van der Waals surface area contributed by atoms with Gasteiger partial charge in [0.2, 0.25) is 5.78 Å². The van der Waals surface area contributed by atoms with Crippen molar-refractivity contribution in [1.82, 2.24) is 4.98 Å². The van der Waals surface area contributed by atoms with Crippen LogP contribution in [0.1, 0.15) is 27.6 Å². The normalized spacial score (nSPS) is 11.9. The lowest BCUT2D eigenvalue weighted by Gasteiger charge is -2.18. The number of halogens is 2. The van der Waals surface area contributed by atoms with Gasteiger partial charge in [0, 0.05) is 43.8 Å². The van der Waals surface area contributed by atoms with E-state index in [0.29, 0.717) is 26.7 Å². The smallest absolute Gasteiger partial charge is 0.311 e. The number of rotatable bonds is 6. The largest absolute Gasteiger partial charge is 0.449 e. The second kappa shape index (κ2) is 8.74. The molecule has 0 fully saturated rings. The summed E-state index contributed by atoms with van der Waals surface area (Å²) in [6, 6.07) is 21.4. The van der Waals surface area contributed by atoms with Crippen LogP contribution < -0.4 is 0 Å². The van der Waals surface area contributed by atoms with Gasteiger partial charge in [-0.25, -0.2) is 0 Å². The third-order valence-corrected chi connectivity index (χ3v) is 5.54. The van der Waals surface area contributed by atoms with Crippen molar-refractivity contribution in [2.24, 2.45) is 0 Å². The molecule has 1 atom stereocenters. The van der Waals surface area contributed by atoms with Crippen LogP contribution in [0.4, 0.5) is 0 Å². The zero-order valence-electron chi connectivity index (χ0n) is 15.8. The lowest BCUT2D eigenvalue weighted by atomic mass is 9.99. The Morgan fingerprint density at radius 2 is 1.53 bits per heavy atom. The van der Waals surface area contributed by atoms with Crippen LogP contribution in [0.15, 0.2) is 79.0 Å². The minimum absolute atomic E-state index is 0.136. The summed E-state index contributed by atoms with van der Waals surface area (Å²) >= 11 is 12.3. The molecule has 0 amide bonds. The molecule has 1 heterocycles. The molecule has 4 aromatic rings. The maximum atomic E-state index is 13.4. The lowest BCUT2D eigenvalue weighted by molar-refractivity contribution is -0.146. The van der Waals surface area contributed by atoms with Crippen molar-refractivity contribution < 1.29 is 14.3 Å². The van der Waals surface area contributed by atoms with E-state index in [1.807, 2.05) is 30.3 Å². The minimum Gasteiger partial charge on any atom is -0.449 e.